The first kappa shape index (κ1) is 17.9. The molecule has 0 unspecified atom stereocenters. The number of hydrogen-bond donors (Lipinski definition) is 1. The summed E-state index contributed by atoms with van der Waals surface area (Å²) in [6, 6.07) is 6.22. The van der Waals surface area contributed by atoms with Crippen molar-refractivity contribution in [1.29, 1.82) is 0 Å². The number of carbonyl (C=O) groups is 2. The monoisotopic (exact) mass is 325 g/mol. The minimum atomic E-state index is -3.83. The van der Waals surface area contributed by atoms with Gasteiger partial charge in [0.15, 0.2) is 0 Å². The number of benzene rings is 1. The molecular weight excluding hydrogens is 306 g/mol. The van der Waals surface area contributed by atoms with Crippen LogP contribution in [-0.2, 0) is 24.3 Å². The zero-order chi connectivity index (χ0) is 16.6. The van der Waals surface area contributed by atoms with Crippen LogP contribution in [0.3, 0.4) is 0 Å². The Hall–Kier alpha value is -2.15. The summed E-state index contributed by atoms with van der Waals surface area (Å²) in [5.74, 6) is -0.968. The third-order valence-corrected chi connectivity index (χ3v) is 4.06. The highest BCUT2D eigenvalue weighted by molar-refractivity contribution is 7.90. The largest absolute Gasteiger partial charge is 0.462 e. The molecule has 1 N–H and O–H groups in total. The second-order valence-corrected chi connectivity index (χ2v) is 6.34. The maximum Gasteiger partial charge on any atom is 0.302 e. The quantitative estimate of drug-likeness (QED) is 0.609. The van der Waals surface area contributed by atoms with E-state index in [1.807, 2.05) is 11.6 Å². The van der Waals surface area contributed by atoms with Crippen LogP contribution in [0.1, 0.15) is 25.3 Å². The lowest BCUT2D eigenvalue weighted by Gasteiger charge is -2.06. The molecule has 0 aliphatic heterocycles. The molecule has 22 heavy (non-hydrogen) atoms. The third-order valence-electron chi connectivity index (χ3n) is 2.67. The number of amides is 1. The van der Waals surface area contributed by atoms with Crippen LogP contribution in [0.4, 0.5) is 0 Å². The van der Waals surface area contributed by atoms with Gasteiger partial charge in [-0.1, -0.05) is 29.8 Å². The number of sulfonamides is 1. The van der Waals surface area contributed by atoms with Crippen molar-refractivity contribution in [3.8, 4) is 0 Å². The van der Waals surface area contributed by atoms with Crippen molar-refractivity contribution in [2.75, 3.05) is 6.61 Å². The number of allylic oxidation sites excluding steroid dienone is 1. The Balaban J connectivity index is 2.44. The van der Waals surface area contributed by atoms with Crippen LogP contribution >= 0.6 is 0 Å². The number of ether oxygens (including phenoxy) is 1. The summed E-state index contributed by atoms with van der Waals surface area (Å²) >= 11 is 0. The van der Waals surface area contributed by atoms with Crippen LogP contribution < -0.4 is 4.72 Å². The smallest absolute Gasteiger partial charge is 0.302 e. The Morgan fingerprint density at radius 1 is 1.18 bits per heavy atom. The van der Waals surface area contributed by atoms with Gasteiger partial charge in [-0.15, -0.1) is 0 Å². The van der Waals surface area contributed by atoms with E-state index in [1.54, 1.807) is 24.3 Å². The van der Waals surface area contributed by atoms with Crippen LogP contribution in [0.2, 0.25) is 0 Å². The second kappa shape index (κ2) is 8.33. The summed E-state index contributed by atoms with van der Waals surface area (Å²) in [7, 11) is -3.83. The summed E-state index contributed by atoms with van der Waals surface area (Å²) in [6.07, 6.45) is 3.64. The Kier molecular flexibility index (Phi) is 6.78. The standard InChI is InChI=1S/C15H19NO5S/c1-12-7-9-14(10-8-12)22(19,20)16-15(18)6-4-3-5-11-21-13(2)17/h3,5,7-10H,4,6,11H2,1-2H3,(H,16,18)/b5-3-. The zero-order valence-corrected chi connectivity index (χ0v) is 13.4. The Morgan fingerprint density at radius 3 is 2.41 bits per heavy atom. The van der Waals surface area contributed by atoms with E-state index in [9.17, 15) is 18.0 Å². The van der Waals surface area contributed by atoms with Crippen molar-refractivity contribution >= 4 is 21.9 Å². The van der Waals surface area contributed by atoms with Crippen LogP contribution in [0, 0.1) is 6.92 Å². The summed E-state index contributed by atoms with van der Waals surface area (Å²) < 4.78 is 30.6. The van der Waals surface area contributed by atoms with Gasteiger partial charge in [0.1, 0.15) is 6.61 Å². The molecule has 0 aliphatic carbocycles. The molecule has 1 aromatic carbocycles. The van der Waals surface area contributed by atoms with Crippen molar-refractivity contribution in [2.24, 2.45) is 0 Å². The topological polar surface area (TPSA) is 89.5 Å². The number of hydrogen-bond acceptors (Lipinski definition) is 5. The average Bonchev–Trinajstić information content (AvgIpc) is 2.42. The van der Waals surface area contributed by atoms with E-state index in [0.717, 1.165) is 5.56 Å². The Bertz CT molecular complexity index is 647. The summed E-state index contributed by atoms with van der Waals surface area (Å²) in [6.45, 7) is 3.28. The molecule has 0 spiro atoms. The molecule has 120 valence electrons. The van der Waals surface area contributed by atoms with Gasteiger partial charge in [0.2, 0.25) is 5.91 Å². The molecule has 0 saturated heterocycles. The zero-order valence-electron chi connectivity index (χ0n) is 12.5. The number of esters is 1. The third kappa shape index (κ3) is 6.53. The fourth-order valence-corrected chi connectivity index (χ4v) is 2.56. The van der Waals surface area contributed by atoms with E-state index < -0.39 is 15.9 Å². The van der Waals surface area contributed by atoms with Crippen LogP contribution in [0.25, 0.3) is 0 Å². The highest BCUT2D eigenvalue weighted by atomic mass is 32.2. The highest BCUT2D eigenvalue weighted by Crippen LogP contribution is 2.10. The van der Waals surface area contributed by atoms with E-state index in [-0.39, 0.29) is 23.9 Å². The van der Waals surface area contributed by atoms with Crippen molar-refractivity contribution in [1.82, 2.24) is 4.72 Å². The fourth-order valence-electron chi connectivity index (χ4n) is 1.54. The van der Waals surface area contributed by atoms with Crippen molar-refractivity contribution in [3.05, 3.63) is 42.0 Å². The van der Waals surface area contributed by atoms with E-state index >= 15 is 0 Å². The Labute approximate surface area is 130 Å². The van der Waals surface area contributed by atoms with Crippen molar-refractivity contribution in [2.45, 2.75) is 31.6 Å². The van der Waals surface area contributed by atoms with Gasteiger partial charge in [0, 0.05) is 13.3 Å². The molecule has 6 nitrogen and oxygen atoms in total. The van der Waals surface area contributed by atoms with Gasteiger partial charge in [0.05, 0.1) is 4.90 Å². The van der Waals surface area contributed by atoms with Crippen molar-refractivity contribution < 1.29 is 22.7 Å². The van der Waals surface area contributed by atoms with Gasteiger partial charge in [-0.05, 0) is 25.5 Å². The van der Waals surface area contributed by atoms with Gasteiger partial charge < -0.3 is 4.74 Å². The molecule has 0 fully saturated rings. The summed E-state index contributed by atoms with van der Waals surface area (Å²) in [5, 5.41) is 0. The van der Waals surface area contributed by atoms with E-state index in [4.69, 9.17) is 0 Å². The molecule has 1 rings (SSSR count). The predicted molar refractivity (Wildman–Crippen MR) is 81.5 cm³/mol. The predicted octanol–water partition coefficient (Wildman–Crippen LogP) is 1.70. The molecule has 1 aromatic rings. The molecule has 0 heterocycles. The SMILES string of the molecule is CC(=O)OC/C=C\CCC(=O)NS(=O)(=O)c1ccc(C)cc1. The van der Waals surface area contributed by atoms with Gasteiger partial charge in [-0.2, -0.15) is 0 Å². The molecule has 0 saturated carbocycles. The molecule has 0 aromatic heterocycles. The van der Waals surface area contributed by atoms with Crippen LogP contribution in [0.15, 0.2) is 41.3 Å². The molecule has 7 heteroatoms. The molecule has 0 atom stereocenters. The van der Waals surface area contributed by atoms with Gasteiger partial charge in [0.25, 0.3) is 10.0 Å². The maximum atomic E-state index is 12.0. The highest BCUT2D eigenvalue weighted by Gasteiger charge is 2.16. The number of nitrogens with one attached hydrogen (secondary N) is 1. The molecule has 0 bridgehead atoms. The van der Waals surface area contributed by atoms with E-state index in [1.165, 1.54) is 19.1 Å². The number of aryl methyl sites for hydroxylation is 1. The average molecular weight is 325 g/mol. The molecular formula is C15H19NO5S. The molecule has 0 aliphatic rings. The van der Waals surface area contributed by atoms with Crippen LogP contribution in [0.5, 0.6) is 0 Å². The summed E-state index contributed by atoms with van der Waals surface area (Å²) in [4.78, 5) is 22.2. The lowest BCUT2D eigenvalue weighted by molar-refractivity contribution is -0.139. The first-order chi connectivity index (χ1) is 10.3. The second-order valence-electron chi connectivity index (χ2n) is 4.65. The van der Waals surface area contributed by atoms with E-state index in [0.29, 0.717) is 6.42 Å². The fraction of sp³-hybridized carbons (Fsp3) is 0.333. The first-order valence-corrected chi connectivity index (χ1v) is 8.20. The number of rotatable bonds is 7. The van der Waals surface area contributed by atoms with E-state index in [2.05, 4.69) is 4.74 Å². The van der Waals surface area contributed by atoms with Crippen LogP contribution in [-0.4, -0.2) is 26.9 Å². The maximum absolute atomic E-state index is 12.0. The molecule has 0 radical (unpaired) electrons. The Morgan fingerprint density at radius 2 is 1.82 bits per heavy atom. The number of carbonyl (C=O) groups excluding carboxylic acids is 2. The van der Waals surface area contributed by atoms with Gasteiger partial charge >= 0.3 is 5.97 Å². The van der Waals surface area contributed by atoms with Crippen molar-refractivity contribution in [3.63, 3.8) is 0 Å². The molecule has 1 amide bonds. The minimum absolute atomic E-state index is 0.0294. The summed E-state index contributed by atoms with van der Waals surface area (Å²) in [5.41, 5.74) is 0.934. The van der Waals surface area contributed by atoms with Gasteiger partial charge in [-0.3, -0.25) is 9.59 Å². The lowest BCUT2D eigenvalue weighted by atomic mass is 10.2. The normalized spacial score (nSPS) is 11.4. The minimum Gasteiger partial charge on any atom is -0.462 e. The first-order valence-electron chi connectivity index (χ1n) is 6.72. The van der Waals surface area contributed by atoms with Gasteiger partial charge in [-0.25, -0.2) is 13.1 Å². The lowest BCUT2D eigenvalue weighted by Crippen LogP contribution is -2.30.